The molecule has 2 atom stereocenters. The van der Waals surface area contributed by atoms with Gasteiger partial charge in [-0.1, -0.05) is 6.08 Å². The van der Waals surface area contributed by atoms with Crippen LogP contribution in [0, 0.1) is 5.92 Å². The summed E-state index contributed by atoms with van der Waals surface area (Å²) in [5.74, 6) is 0.185. The lowest BCUT2D eigenvalue weighted by atomic mass is 9.94. The highest BCUT2D eigenvalue weighted by molar-refractivity contribution is 5.83. The third-order valence-electron chi connectivity index (χ3n) is 2.67. The topological polar surface area (TPSA) is 70.2 Å². The highest BCUT2D eigenvalue weighted by Crippen LogP contribution is 2.13. The van der Waals surface area contributed by atoms with E-state index in [1.165, 1.54) is 0 Å². The Morgan fingerprint density at radius 3 is 2.59 bits per heavy atom. The van der Waals surface area contributed by atoms with Gasteiger partial charge >= 0.3 is 0 Å². The van der Waals surface area contributed by atoms with Gasteiger partial charge < -0.3 is 16.0 Å². The zero-order valence-corrected chi connectivity index (χ0v) is 10.7. The maximum atomic E-state index is 11.5. The molecule has 17 heavy (non-hydrogen) atoms. The third kappa shape index (κ3) is 6.73. The molecule has 0 aromatic heterocycles. The molecule has 5 nitrogen and oxygen atoms in total. The van der Waals surface area contributed by atoms with Gasteiger partial charge in [0.1, 0.15) is 6.04 Å². The number of hydrogen-bond donors (Lipinski definition) is 3. The van der Waals surface area contributed by atoms with Gasteiger partial charge in [0.05, 0.1) is 0 Å². The lowest BCUT2D eigenvalue weighted by molar-refractivity contribution is -0.125. The van der Waals surface area contributed by atoms with Crippen molar-refractivity contribution in [3.05, 3.63) is 12.7 Å². The van der Waals surface area contributed by atoms with Gasteiger partial charge in [-0.15, -0.1) is 6.58 Å². The van der Waals surface area contributed by atoms with Crippen molar-refractivity contribution in [3.8, 4) is 0 Å². The second kappa shape index (κ2) is 9.84. The number of carbonyl (C=O) groups excluding carboxylic acids is 2. The van der Waals surface area contributed by atoms with Crippen LogP contribution in [-0.2, 0) is 9.59 Å². The van der Waals surface area contributed by atoms with Crippen LogP contribution >= 0.6 is 0 Å². The molecule has 0 fully saturated rings. The minimum Gasteiger partial charge on any atom is -0.357 e. The zero-order valence-electron chi connectivity index (χ0n) is 10.7. The van der Waals surface area contributed by atoms with Crippen LogP contribution < -0.4 is 16.0 Å². The average molecular weight is 241 g/mol. The normalized spacial score (nSPS) is 13.5. The summed E-state index contributed by atoms with van der Waals surface area (Å²) < 4.78 is 0. The van der Waals surface area contributed by atoms with Crippen molar-refractivity contribution in [2.75, 3.05) is 20.6 Å². The second-order valence-corrected chi connectivity index (χ2v) is 3.98. The Kier molecular flexibility index (Phi) is 9.05. The molecule has 0 aliphatic carbocycles. The van der Waals surface area contributed by atoms with Crippen molar-refractivity contribution < 1.29 is 9.59 Å². The van der Waals surface area contributed by atoms with Crippen LogP contribution in [0.2, 0.25) is 0 Å². The van der Waals surface area contributed by atoms with E-state index in [0.29, 0.717) is 18.7 Å². The fourth-order valence-corrected chi connectivity index (χ4v) is 1.79. The highest BCUT2D eigenvalue weighted by atomic mass is 16.2. The van der Waals surface area contributed by atoms with Crippen LogP contribution in [-0.4, -0.2) is 39.0 Å². The van der Waals surface area contributed by atoms with Gasteiger partial charge in [-0.25, -0.2) is 0 Å². The van der Waals surface area contributed by atoms with E-state index in [-0.39, 0.29) is 5.91 Å². The monoisotopic (exact) mass is 241 g/mol. The first-order chi connectivity index (χ1) is 8.19. The smallest absolute Gasteiger partial charge is 0.242 e. The number of nitrogens with one attached hydrogen (secondary N) is 3. The maximum absolute atomic E-state index is 11.5. The summed E-state index contributed by atoms with van der Waals surface area (Å²) in [6.45, 7) is 4.51. The Labute approximate surface area is 103 Å². The molecule has 0 heterocycles. The molecule has 0 saturated heterocycles. The Morgan fingerprint density at radius 1 is 1.41 bits per heavy atom. The summed E-state index contributed by atoms with van der Waals surface area (Å²) in [5, 5.41) is 8.20. The number of rotatable bonds is 10. The van der Waals surface area contributed by atoms with Gasteiger partial charge in [0.15, 0.2) is 0 Å². The van der Waals surface area contributed by atoms with E-state index < -0.39 is 6.04 Å². The van der Waals surface area contributed by atoms with Gasteiger partial charge in [0.25, 0.3) is 0 Å². The van der Waals surface area contributed by atoms with Crippen molar-refractivity contribution in [2.24, 2.45) is 5.92 Å². The molecular weight excluding hydrogens is 218 g/mol. The van der Waals surface area contributed by atoms with E-state index in [2.05, 4.69) is 22.5 Å². The number of carbonyl (C=O) groups is 2. The number of amides is 2. The number of likely N-dealkylation sites (N-methyl/N-ethyl adjacent to an activating group) is 1. The lowest BCUT2D eigenvalue weighted by Gasteiger charge is -2.21. The van der Waals surface area contributed by atoms with Crippen molar-refractivity contribution >= 4 is 12.3 Å². The summed E-state index contributed by atoms with van der Waals surface area (Å²) >= 11 is 0. The van der Waals surface area contributed by atoms with Gasteiger partial charge in [-0.2, -0.15) is 0 Å². The van der Waals surface area contributed by atoms with Gasteiger partial charge in [-0.05, 0) is 38.8 Å². The van der Waals surface area contributed by atoms with Crippen LogP contribution in [0.15, 0.2) is 12.7 Å². The minimum atomic E-state index is -0.458. The van der Waals surface area contributed by atoms with E-state index in [1.807, 2.05) is 13.1 Å². The summed E-state index contributed by atoms with van der Waals surface area (Å²) in [6, 6.07) is -0.458. The molecule has 0 bridgehead atoms. The largest absolute Gasteiger partial charge is 0.357 e. The van der Waals surface area contributed by atoms with Gasteiger partial charge in [0, 0.05) is 7.05 Å². The standard InChI is InChI=1S/C12H23N3O2/c1-4-5-6-10(8-13-2)7-11(15-9-16)12(17)14-3/h4,9-11,13H,1,5-8H2,2-3H3,(H,14,17)(H,15,16)/t10?,11-/m0/s1. The SMILES string of the molecule is C=CCCC(CNC)C[C@H](NC=O)C(=O)NC. The van der Waals surface area contributed by atoms with E-state index in [1.54, 1.807) is 7.05 Å². The maximum Gasteiger partial charge on any atom is 0.242 e. The molecule has 0 aliphatic rings. The highest BCUT2D eigenvalue weighted by Gasteiger charge is 2.20. The van der Waals surface area contributed by atoms with Crippen LogP contribution in [0.4, 0.5) is 0 Å². The average Bonchev–Trinajstić information content (AvgIpc) is 2.34. The molecule has 0 rings (SSSR count). The van der Waals surface area contributed by atoms with Crippen LogP contribution in [0.1, 0.15) is 19.3 Å². The quantitative estimate of drug-likeness (QED) is 0.373. The predicted octanol–water partition coefficient (Wildman–Crippen LogP) is 0.0389. The van der Waals surface area contributed by atoms with Crippen molar-refractivity contribution in [3.63, 3.8) is 0 Å². The van der Waals surface area contributed by atoms with Crippen molar-refractivity contribution in [1.82, 2.24) is 16.0 Å². The molecule has 0 spiro atoms. The molecule has 0 aliphatic heterocycles. The molecule has 98 valence electrons. The van der Waals surface area contributed by atoms with Gasteiger partial charge in [-0.3, -0.25) is 9.59 Å². The molecule has 2 amide bonds. The summed E-state index contributed by atoms with van der Waals surface area (Å²) in [6.07, 6.45) is 4.94. The summed E-state index contributed by atoms with van der Waals surface area (Å²) in [4.78, 5) is 22.0. The van der Waals surface area contributed by atoms with E-state index >= 15 is 0 Å². The van der Waals surface area contributed by atoms with E-state index in [9.17, 15) is 9.59 Å². The zero-order chi connectivity index (χ0) is 13.1. The second-order valence-electron chi connectivity index (χ2n) is 3.98. The summed E-state index contributed by atoms with van der Waals surface area (Å²) in [5.41, 5.74) is 0. The first-order valence-corrected chi connectivity index (χ1v) is 5.86. The van der Waals surface area contributed by atoms with Crippen LogP contribution in [0.5, 0.6) is 0 Å². The van der Waals surface area contributed by atoms with Crippen LogP contribution in [0.3, 0.4) is 0 Å². The molecule has 0 aromatic carbocycles. The number of allylic oxidation sites excluding steroid dienone is 1. The van der Waals surface area contributed by atoms with E-state index in [4.69, 9.17) is 0 Å². The van der Waals surface area contributed by atoms with Crippen LogP contribution in [0.25, 0.3) is 0 Å². The predicted molar refractivity (Wildman–Crippen MR) is 68.5 cm³/mol. The molecule has 0 aromatic rings. The Morgan fingerprint density at radius 2 is 2.12 bits per heavy atom. The Hall–Kier alpha value is -1.36. The Balaban J connectivity index is 4.36. The molecule has 3 N–H and O–H groups in total. The van der Waals surface area contributed by atoms with Gasteiger partial charge in [0.2, 0.25) is 12.3 Å². The molecule has 0 saturated carbocycles. The molecule has 5 heteroatoms. The minimum absolute atomic E-state index is 0.156. The molecular formula is C12H23N3O2. The summed E-state index contributed by atoms with van der Waals surface area (Å²) in [7, 11) is 3.45. The van der Waals surface area contributed by atoms with Crippen molar-refractivity contribution in [1.29, 1.82) is 0 Å². The Bertz CT molecular complexity index is 244. The number of hydrogen-bond acceptors (Lipinski definition) is 3. The lowest BCUT2D eigenvalue weighted by Crippen LogP contribution is -2.44. The molecule has 1 unspecified atom stereocenters. The fourth-order valence-electron chi connectivity index (χ4n) is 1.79. The molecule has 0 radical (unpaired) electrons. The first kappa shape index (κ1) is 15.6. The third-order valence-corrected chi connectivity index (χ3v) is 2.67. The fraction of sp³-hybridized carbons (Fsp3) is 0.667. The van der Waals surface area contributed by atoms with E-state index in [0.717, 1.165) is 19.4 Å². The van der Waals surface area contributed by atoms with Crippen molar-refractivity contribution in [2.45, 2.75) is 25.3 Å². The first-order valence-electron chi connectivity index (χ1n) is 5.86.